The van der Waals surface area contributed by atoms with E-state index in [1.807, 2.05) is 24.3 Å². The molecule has 0 radical (unpaired) electrons. The number of rotatable bonds is 8. The SMILES string of the molecule is C1=CCC=C(COc2nnc(C3(C4=CC=CCC4)CC3)cc2OCc2ccccc2)C=C1. The zero-order valence-corrected chi connectivity index (χ0v) is 18.2. The fraction of sp³-hybridized carbons (Fsp3) is 0.286. The van der Waals surface area contributed by atoms with Crippen LogP contribution < -0.4 is 9.47 Å². The van der Waals surface area contributed by atoms with Gasteiger partial charge in [0.25, 0.3) is 5.88 Å². The summed E-state index contributed by atoms with van der Waals surface area (Å²) in [6, 6.07) is 12.2. The first-order valence-electron chi connectivity index (χ1n) is 11.4. The van der Waals surface area contributed by atoms with Gasteiger partial charge in [-0.15, -0.1) is 5.10 Å². The van der Waals surface area contributed by atoms with E-state index in [0.29, 0.717) is 24.8 Å². The van der Waals surface area contributed by atoms with E-state index in [9.17, 15) is 0 Å². The molecule has 0 aliphatic heterocycles. The molecular formula is C28H28N2O2. The Morgan fingerprint density at radius 2 is 1.81 bits per heavy atom. The van der Waals surface area contributed by atoms with Crippen molar-refractivity contribution in [2.75, 3.05) is 6.61 Å². The van der Waals surface area contributed by atoms with Crippen LogP contribution in [0.3, 0.4) is 0 Å². The lowest BCUT2D eigenvalue weighted by Crippen LogP contribution is -2.16. The van der Waals surface area contributed by atoms with Crippen LogP contribution in [0.5, 0.6) is 11.6 Å². The van der Waals surface area contributed by atoms with Crippen molar-refractivity contribution in [1.82, 2.24) is 10.2 Å². The van der Waals surface area contributed by atoms with Gasteiger partial charge in [0.2, 0.25) is 0 Å². The summed E-state index contributed by atoms with van der Waals surface area (Å²) in [4.78, 5) is 0. The highest BCUT2D eigenvalue weighted by Crippen LogP contribution is 2.55. The van der Waals surface area contributed by atoms with Gasteiger partial charge in [-0.1, -0.05) is 84.5 Å². The van der Waals surface area contributed by atoms with Crippen LogP contribution in [0, 0.1) is 0 Å². The predicted octanol–water partition coefficient (Wildman–Crippen LogP) is 6.18. The minimum Gasteiger partial charge on any atom is -0.483 e. The Kier molecular flexibility index (Phi) is 6.02. The van der Waals surface area contributed by atoms with Gasteiger partial charge in [0.05, 0.1) is 5.69 Å². The number of allylic oxidation sites excluding steroid dienone is 8. The van der Waals surface area contributed by atoms with Crippen molar-refractivity contribution in [3.05, 3.63) is 107 Å². The van der Waals surface area contributed by atoms with E-state index in [-0.39, 0.29) is 5.41 Å². The summed E-state index contributed by atoms with van der Waals surface area (Å²) < 4.78 is 12.3. The number of benzene rings is 1. The molecule has 4 nitrogen and oxygen atoms in total. The second kappa shape index (κ2) is 9.39. The summed E-state index contributed by atoms with van der Waals surface area (Å²) in [5.41, 5.74) is 4.69. The Hall–Kier alpha value is -3.40. The second-order valence-electron chi connectivity index (χ2n) is 8.50. The maximum atomic E-state index is 6.23. The van der Waals surface area contributed by atoms with E-state index in [4.69, 9.17) is 9.47 Å². The number of hydrogen-bond acceptors (Lipinski definition) is 4. The lowest BCUT2D eigenvalue weighted by atomic mass is 9.86. The van der Waals surface area contributed by atoms with Crippen molar-refractivity contribution < 1.29 is 9.47 Å². The fourth-order valence-electron chi connectivity index (χ4n) is 4.29. The molecule has 1 aromatic carbocycles. The van der Waals surface area contributed by atoms with E-state index in [0.717, 1.165) is 48.9 Å². The predicted molar refractivity (Wildman–Crippen MR) is 127 cm³/mol. The lowest BCUT2D eigenvalue weighted by Gasteiger charge is -2.21. The fourth-order valence-corrected chi connectivity index (χ4v) is 4.29. The molecule has 0 saturated heterocycles. The van der Waals surface area contributed by atoms with Crippen LogP contribution in [0.1, 0.15) is 43.4 Å². The standard InChI is InChI=1S/C28H28N2O2/c1-2-6-12-23(11-5-1)21-32-27-25(31-20-22-13-7-3-8-14-22)19-26(29-30-27)28(17-18-28)24-15-9-4-10-16-24/h1-5,7-9,11-15,19H,6,10,16-18,20-21H2. The van der Waals surface area contributed by atoms with Crippen LogP contribution in [0.15, 0.2) is 96.2 Å². The molecule has 1 fully saturated rings. The molecule has 32 heavy (non-hydrogen) atoms. The van der Waals surface area contributed by atoms with Gasteiger partial charge >= 0.3 is 0 Å². The minimum atomic E-state index is 0.0133. The molecule has 5 rings (SSSR count). The molecule has 4 heteroatoms. The summed E-state index contributed by atoms with van der Waals surface area (Å²) in [5.74, 6) is 1.11. The molecule has 1 aromatic heterocycles. The van der Waals surface area contributed by atoms with Crippen LogP contribution in [-0.4, -0.2) is 16.8 Å². The first-order valence-corrected chi connectivity index (χ1v) is 11.4. The Balaban J connectivity index is 1.39. The Morgan fingerprint density at radius 3 is 2.62 bits per heavy atom. The first-order chi connectivity index (χ1) is 15.8. The van der Waals surface area contributed by atoms with Crippen molar-refractivity contribution in [1.29, 1.82) is 0 Å². The highest BCUT2D eigenvalue weighted by molar-refractivity contribution is 5.46. The zero-order chi connectivity index (χ0) is 21.6. The van der Waals surface area contributed by atoms with E-state index < -0.39 is 0 Å². The summed E-state index contributed by atoms with van der Waals surface area (Å²) >= 11 is 0. The highest BCUT2D eigenvalue weighted by atomic mass is 16.5. The molecule has 0 N–H and O–H groups in total. The highest BCUT2D eigenvalue weighted by Gasteiger charge is 2.49. The van der Waals surface area contributed by atoms with Crippen molar-refractivity contribution in [2.24, 2.45) is 0 Å². The molecule has 2 aromatic rings. The van der Waals surface area contributed by atoms with Crippen LogP contribution in [0.2, 0.25) is 0 Å². The Bertz CT molecular complexity index is 1110. The van der Waals surface area contributed by atoms with Crippen molar-refractivity contribution >= 4 is 0 Å². The summed E-state index contributed by atoms with van der Waals surface area (Å²) in [6.45, 7) is 0.905. The first kappa shape index (κ1) is 20.5. The number of hydrogen-bond donors (Lipinski definition) is 0. The van der Waals surface area contributed by atoms with Gasteiger partial charge in [0, 0.05) is 11.5 Å². The van der Waals surface area contributed by atoms with E-state index >= 15 is 0 Å². The van der Waals surface area contributed by atoms with E-state index in [2.05, 4.69) is 70.9 Å². The minimum absolute atomic E-state index is 0.0133. The van der Waals surface area contributed by atoms with Gasteiger partial charge in [0.15, 0.2) is 5.75 Å². The number of aromatic nitrogens is 2. The van der Waals surface area contributed by atoms with Gasteiger partial charge in [-0.2, -0.15) is 5.10 Å². The summed E-state index contributed by atoms with van der Waals surface area (Å²) in [5, 5.41) is 9.11. The van der Waals surface area contributed by atoms with Gasteiger partial charge in [0.1, 0.15) is 13.2 Å². The topological polar surface area (TPSA) is 44.2 Å². The maximum absolute atomic E-state index is 6.23. The molecule has 3 aliphatic carbocycles. The van der Waals surface area contributed by atoms with Crippen molar-refractivity contribution in [3.63, 3.8) is 0 Å². The van der Waals surface area contributed by atoms with Crippen LogP contribution in [0.25, 0.3) is 0 Å². The van der Waals surface area contributed by atoms with Crippen molar-refractivity contribution in [2.45, 2.75) is 44.1 Å². The lowest BCUT2D eigenvalue weighted by molar-refractivity contribution is 0.262. The molecule has 3 aliphatic rings. The van der Waals surface area contributed by atoms with Gasteiger partial charge in [-0.3, -0.25) is 0 Å². The third-order valence-electron chi connectivity index (χ3n) is 6.28. The number of ether oxygens (including phenoxy) is 2. The zero-order valence-electron chi connectivity index (χ0n) is 18.2. The molecule has 0 bridgehead atoms. The summed E-state index contributed by atoms with van der Waals surface area (Å²) in [7, 11) is 0. The van der Waals surface area contributed by atoms with Crippen molar-refractivity contribution in [3.8, 4) is 11.6 Å². The molecule has 1 heterocycles. The van der Waals surface area contributed by atoms with Crippen LogP contribution in [0.4, 0.5) is 0 Å². The Morgan fingerprint density at radius 1 is 0.906 bits per heavy atom. The summed E-state index contributed by atoms with van der Waals surface area (Å²) in [6.07, 6.45) is 22.4. The molecule has 0 unspecified atom stereocenters. The van der Waals surface area contributed by atoms with Gasteiger partial charge in [-0.25, -0.2) is 0 Å². The molecule has 0 amide bonds. The normalized spacial score (nSPS) is 18.5. The molecule has 0 spiro atoms. The molecular weight excluding hydrogens is 396 g/mol. The average molecular weight is 425 g/mol. The van der Waals surface area contributed by atoms with Crippen LogP contribution >= 0.6 is 0 Å². The maximum Gasteiger partial charge on any atom is 0.276 e. The molecule has 162 valence electrons. The average Bonchev–Trinajstić information content (AvgIpc) is 3.69. The third-order valence-corrected chi connectivity index (χ3v) is 6.28. The van der Waals surface area contributed by atoms with E-state index in [1.54, 1.807) is 0 Å². The number of nitrogens with zero attached hydrogens (tertiary/aromatic N) is 2. The quantitative estimate of drug-likeness (QED) is 0.507. The van der Waals surface area contributed by atoms with E-state index in [1.165, 1.54) is 5.57 Å². The monoisotopic (exact) mass is 424 g/mol. The molecule has 0 atom stereocenters. The van der Waals surface area contributed by atoms with Crippen LogP contribution in [-0.2, 0) is 12.0 Å². The second-order valence-corrected chi connectivity index (χ2v) is 8.50. The largest absolute Gasteiger partial charge is 0.483 e. The van der Waals surface area contributed by atoms with Gasteiger partial charge < -0.3 is 9.47 Å². The smallest absolute Gasteiger partial charge is 0.276 e. The Labute approximate surface area is 189 Å². The van der Waals surface area contributed by atoms with Gasteiger partial charge in [-0.05, 0) is 43.2 Å². The third kappa shape index (κ3) is 4.59. The molecule has 1 saturated carbocycles.